The Bertz CT molecular complexity index is 1650. The van der Waals surface area contributed by atoms with Crippen LogP contribution in [0.5, 0.6) is 11.5 Å². The predicted octanol–water partition coefficient (Wildman–Crippen LogP) is 6.05. The van der Waals surface area contributed by atoms with Crippen molar-refractivity contribution in [2.45, 2.75) is 38.6 Å². The molecule has 46 heavy (non-hydrogen) atoms. The molecule has 0 radical (unpaired) electrons. The average Bonchev–Trinajstić information content (AvgIpc) is 3.54. The molecule has 1 heterocycles. The summed E-state index contributed by atoms with van der Waals surface area (Å²) in [5, 5.41) is 24.1. The lowest BCUT2D eigenvalue weighted by Gasteiger charge is -2.32. The Kier molecular flexibility index (Phi) is 9.94. The van der Waals surface area contributed by atoms with E-state index < -0.39 is 24.4 Å². The van der Waals surface area contributed by atoms with Gasteiger partial charge < -0.3 is 30.3 Å². The fourth-order valence-electron chi connectivity index (χ4n) is 5.15. The SMILES string of the molecule is Cc1ccccc1NC(=O)Nc1ccc(CC(=O)[C@@H]2CCCN2C(Oc2ccc(C(=O)O)cc2)Oc2ccc(C(=O)O)cc2)cc1. The normalized spacial score (nSPS) is 14.4. The quantitative estimate of drug-likeness (QED) is 0.138. The number of carbonyl (C=O) groups is 4. The number of hydrogen-bond acceptors (Lipinski definition) is 7. The van der Waals surface area contributed by atoms with Crippen molar-refractivity contribution in [1.29, 1.82) is 0 Å². The van der Waals surface area contributed by atoms with Gasteiger partial charge in [0.15, 0.2) is 5.78 Å². The smallest absolute Gasteiger partial charge is 0.335 e. The molecular formula is C35H33N3O8. The number of carboxylic acids is 2. The maximum absolute atomic E-state index is 13.6. The van der Waals surface area contributed by atoms with Crippen LogP contribution in [0.3, 0.4) is 0 Å². The van der Waals surface area contributed by atoms with Crippen LogP contribution < -0.4 is 20.1 Å². The number of para-hydroxylation sites is 1. The molecule has 0 bridgehead atoms. The van der Waals surface area contributed by atoms with Crippen LogP contribution in [0.4, 0.5) is 16.2 Å². The van der Waals surface area contributed by atoms with E-state index in [-0.39, 0.29) is 29.4 Å². The van der Waals surface area contributed by atoms with Gasteiger partial charge in [-0.2, -0.15) is 0 Å². The van der Waals surface area contributed by atoms with Crippen LogP contribution in [0.15, 0.2) is 97.1 Å². The Morgan fingerprint density at radius 1 is 0.783 bits per heavy atom. The van der Waals surface area contributed by atoms with Gasteiger partial charge in [-0.1, -0.05) is 30.3 Å². The minimum Gasteiger partial charge on any atom is -0.478 e. The van der Waals surface area contributed by atoms with Crippen LogP contribution >= 0.6 is 0 Å². The molecule has 11 heteroatoms. The zero-order chi connectivity index (χ0) is 32.6. The highest BCUT2D eigenvalue weighted by Gasteiger charge is 2.38. The number of amides is 2. The molecule has 5 rings (SSSR count). The largest absolute Gasteiger partial charge is 0.478 e. The number of carboxylic acid groups (broad SMARTS) is 2. The van der Waals surface area contributed by atoms with E-state index in [1.807, 2.05) is 36.1 Å². The van der Waals surface area contributed by atoms with Crippen LogP contribution in [0.2, 0.25) is 0 Å². The molecule has 1 saturated heterocycles. The van der Waals surface area contributed by atoms with Crippen molar-refractivity contribution < 1.29 is 38.9 Å². The summed E-state index contributed by atoms with van der Waals surface area (Å²) in [6.07, 6.45) is 0.385. The van der Waals surface area contributed by atoms with Crippen molar-refractivity contribution in [2.75, 3.05) is 17.2 Å². The number of nitrogens with one attached hydrogen (secondary N) is 2. The molecule has 1 atom stereocenters. The van der Waals surface area contributed by atoms with E-state index in [1.54, 1.807) is 24.3 Å². The standard InChI is InChI=1S/C35H33N3O8/c1-22-5-2-3-6-29(22)37-34(44)36-26-14-8-23(9-15-26)21-31(39)30-7-4-20-38(30)35(45-27-16-10-24(11-17-27)32(40)41)46-28-18-12-25(13-19-28)33(42)43/h2-3,5-6,8-19,30,35H,4,7,20-21H2,1H3,(H,40,41)(H,42,43)(H2,36,37,44)/t30-/m0/s1. The Labute approximate surface area is 265 Å². The second-order valence-electron chi connectivity index (χ2n) is 10.8. The molecule has 1 fully saturated rings. The van der Waals surface area contributed by atoms with Crippen LogP contribution in [0.1, 0.15) is 44.7 Å². The number of urea groups is 1. The molecule has 1 aliphatic rings. The lowest BCUT2D eigenvalue weighted by Crippen LogP contribution is -2.49. The number of hydrogen-bond donors (Lipinski definition) is 4. The minimum absolute atomic E-state index is 0.0462. The Morgan fingerprint density at radius 2 is 1.35 bits per heavy atom. The summed E-state index contributed by atoms with van der Waals surface area (Å²) in [5.41, 5.74) is 3.19. The van der Waals surface area contributed by atoms with Crippen molar-refractivity contribution in [3.8, 4) is 11.5 Å². The van der Waals surface area contributed by atoms with Crippen LogP contribution in [0.25, 0.3) is 0 Å². The molecule has 236 valence electrons. The van der Waals surface area contributed by atoms with Gasteiger partial charge in [-0.05, 0) is 97.6 Å². The van der Waals surface area contributed by atoms with Crippen LogP contribution in [0, 0.1) is 6.92 Å². The van der Waals surface area contributed by atoms with Crippen molar-refractivity contribution in [3.63, 3.8) is 0 Å². The van der Waals surface area contributed by atoms with Gasteiger partial charge in [0.2, 0.25) is 0 Å². The number of aromatic carboxylic acids is 2. The Morgan fingerprint density at radius 3 is 1.89 bits per heavy atom. The van der Waals surface area contributed by atoms with Gasteiger partial charge in [-0.3, -0.25) is 4.79 Å². The molecule has 4 aromatic carbocycles. The molecular weight excluding hydrogens is 590 g/mol. The first-order valence-corrected chi connectivity index (χ1v) is 14.7. The summed E-state index contributed by atoms with van der Waals surface area (Å²) < 4.78 is 12.3. The molecule has 0 unspecified atom stereocenters. The minimum atomic E-state index is -1.07. The fourth-order valence-corrected chi connectivity index (χ4v) is 5.15. The molecule has 4 aromatic rings. The average molecular weight is 624 g/mol. The van der Waals surface area contributed by atoms with Gasteiger partial charge in [-0.15, -0.1) is 0 Å². The first kappa shape index (κ1) is 31.7. The third-order valence-electron chi connectivity index (χ3n) is 7.60. The lowest BCUT2D eigenvalue weighted by molar-refractivity contribution is -0.143. The van der Waals surface area contributed by atoms with E-state index in [1.165, 1.54) is 48.5 Å². The molecule has 0 saturated carbocycles. The van der Waals surface area contributed by atoms with E-state index in [0.29, 0.717) is 42.3 Å². The van der Waals surface area contributed by atoms with E-state index in [9.17, 15) is 29.4 Å². The van der Waals surface area contributed by atoms with E-state index in [4.69, 9.17) is 9.47 Å². The number of nitrogens with zero attached hydrogens (tertiary/aromatic N) is 1. The number of ether oxygens (including phenoxy) is 2. The van der Waals surface area contributed by atoms with Crippen LogP contribution in [-0.2, 0) is 11.2 Å². The number of aryl methyl sites for hydroxylation is 1. The van der Waals surface area contributed by atoms with Crippen molar-refractivity contribution in [1.82, 2.24) is 4.90 Å². The van der Waals surface area contributed by atoms with E-state index >= 15 is 0 Å². The van der Waals surface area contributed by atoms with Gasteiger partial charge in [0, 0.05) is 24.3 Å². The maximum Gasteiger partial charge on any atom is 0.335 e. The first-order valence-electron chi connectivity index (χ1n) is 14.7. The predicted molar refractivity (Wildman–Crippen MR) is 171 cm³/mol. The van der Waals surface area contributed by atoms with Crippen molar-refractivity contribution in [2.24, 2.45) is 0 Å². The molecule has 0 aliphatic carbocycles. The first-order chi connectivity index (χ1) is 22.2. The van der Waals surface area contributed by atoms with Crippen molar-refractivity contribution in [3.05, 3.63) is 119 Å². The lowest BCUT2D eigenvalue weighted by atomic mass is 10.0. The number of carbonyl (C=O) groups excluding carboxylic acids is 2. The van der Waals surface area contributed by atoms with Gasteiger partial charge >= 0.3 is 24.4 Å². The summed E-state index contributed by atoms with van der Waals surface area (Å²) >= 11 is 0. The highest BCUT2D eigenvalue weighted by Crippen LogP contribution is 2.27. The molecule has 0 aromatic heterocycles. The summed E-state index contributed by atoms with van der Waals surface area (Å²) in [5.74, 6) is -1.51. The summed E-state index contributed by atoms with van der Waals surface area (Å²) in [6, 6.07) is 25.3. The number of Topliss-reactive ketones (excluding diaryl/α,β-unsaturated/α-hetero) is 1. The maximum atomic E-state index is 13.6. The number of rotatable bonds is 12. The third kappa shape index (κ3) is 8.07. The van der Waals surface area contributed by atoms with E-state index in [2.05, 4.69) is 10.6 Å². The highest BCUT2D eigenvalue weighted by molar-refractivity contribution is 6.00. The van der Waals surface area contributed by atoms with Gasteiger partial charge in [0.25, 0.3) is 0 Å². The Balaban J connectivity index is 1.27. The van der Waals surface area contributed by atoms with E-state index in [0.717, 1.165) is 11.1 Å². The summed E-state index contributed by atoms with van der Waals surface area (Å²) in [6.45, 7) is 2.41. The zero-order valence-electron chi connectivity index (χ0n) is 25.0. The number of anilines is 2. The molecule has 0 spiro atoms. The summed E-state index contributed by atoms with van der Waals surface area (Å²) in [7, 11) is 0. The second kappa shape index (κ2) is 14.4. The molecule has 4 N–H and O–H groups in total. The molecule has 1 aliphatic heterocycles. The van der Waals surface area contributed by atoms with Crippen LogP contribution in [-0.4, -0.2) is 57.9 Å². The molecule has 2 amide bonds. The molecule has 11 nitrogen and oxygen atoms in total. The zero-order valence-corrected chi connectivity index (χ0v) is 25.0. The number of benzene rings is 4. The second-order valence-corrected chi connectivity index (χ2v) is 10.8. The fraction of sp³-hybridized carbons (Fsp3) is 0.200. The van der Waals surface area contributed by atoms with Gasteiger partial charge in [-0.25, -0.2) is 19.3 Å². The highest BCUT2D eigenvalue weighted by atomic mass is 16.7. The third-order valence-corrected chi connectivity index (χ3v) is 7.60. The topological polar surface area (TPSA) is 154 Å². The van der Waals surface area contributed by atoms with Gasteiger partial charge in [0.1, 0.15) is 11.5 Å². The number of ketones is 1. The van der Waals surface area contributed by atoms with Gasteiger partial charge in [0.05, 0.1) is 17.2 Å². The Hall–Kier alpha value is -5.68. The summed E-state index contributed by atoms with van der Waals surface area (Å²) in [4.78, 5) is 50.5. The van der Waals surface area contributed by atoms with Crippen molar-refractivity contribution >= 4 is 35.1 Å². The number of likely N-dealkylation sites (tertiary alicyclic amines) is 1. The monoisotopic (exact) mass is 623 g/mol.